The van der Waals surface area contributed by atoms with E-state index in [4.69, 9.17) is 18.0 Å². The molecule has 0 bridgehead atoms. The molecule has 0 spiro atoms. The fraction of sp³-hybridized carbons (Fsp3) is 0.312. The summed E-state index contributed by atoms with van der Waals surface area (Å²) in [6.07, 6.45) is 3.10. The maximum atomic E-state index is 12.5. The van der Waals surface area contributed by atoms with Crippen molar-refractivity contribution in [3.63, 3.8) is 0 Å². The largest absolute Gasteiger partial charge is 0.392 e. The minimum absolute atomic E-state index is 0.120. The van der Waals surface area contributed by atoms with E-state index in [1.807, 2.05) is 30.3 Å². The highest BCUT2D eigenvalue weighted by Crippen LogP contribution is 2.46. The Hall–Kier alpha value is -2.01. The molecular formula is C16H17N3OS. The predicted molar refractivity (Wildman–Crippen MR) is 88.0 cm³/mol. The number of fused-ring (bicyclic) bond motifs is 1. The summed E-state index contributed by atoms with van der Waals surface area (Å²) in [7, 11) is 0. The van der Waals surface area contributed by atoms with Crippen LogP contribution in [0.25, 0.3) is 10.9 Å². The normalized spacial score (nSPS) is 24.3. The molecule has 1 saturated carbocycles. The molecule has 4 nitrogen and oxygen atoms in total. The molecule has 0 atom stereocenters. The van der Waals surface area contributed by atoms with Gasteiger partial charge in [-0.2, -0.15) is 0 Å². The molecule has 21 heavy (non-hydrogen) atoms. The third-order valence-corrected chi connectivity index (χ3v) is 4.54. The first-order valence-electron chi connectivity index (χ1n) is 6.97. The molecule has 0 saturated heterocycles. The predicted octanol–water partition coefficient (Wildman–Crippen LogP) is 2.88. The summed E-state index contributed by atoms with van der Waals surface area (Å²) in [5.41, 5.74) is 6.68. The second kappa shape index (κ2) is 5.07. The van der Waals surface area contributed by atoms with Crippen LogP contribution in [0.4, 0.5) is 5.69 Å². The average molecular weight is 299 g/mol. The van der Waals surface area contributed by atoms with E-state index in [2.05, 4.69) is 17.2 Å². The van der Waals surface area contributed by atoms with Crippen molar-refractivity contribution in [2.75, 3.05) is 5.32 Å². The number of thiocarbonyl (C=S) groups is 1. The molecule has 1 aromatic heterocycles. The smallest absolute Gasteiger partial charge is 0.237 e. The van der Waals surface area contributed by atoms with Gasteiger partial charge in [-0.05, 0) is 30.9 Å². The van der Waals surface area contributed by atoms with Gasteiger partial charge in [0.05, 0.1) is 27.8 Å². The molecule has 5 heteroatoms. The van der Waals surface area contributed by atoms with Crippen LogP contribution >= 0.6 is 12.2 Å². The summed E-state index contributed by atoms with van der Waals surface area (Å²) < 4.78 is 0. The number of carbonyl (C=O) groups is 1. The van der Waals surface area contributed by atoms with Crippen molar-refractivity contribution in [2.24, 2.45) is 17.1 Å². The maximum absolute atomic E-state index is 12.5. The number of amides is 1. The first-order valence-corrected chi connectivity index (χ1v) is 7.38. The van der Waals surface area contributed by atoms with E-state index in [1.165, 1.54) is 0 Å². The molecule has 1 heterocycles. The molecule has 0 radical (unpaired) electrons. The number of hydrogen-bond acceptors (Lipinski definition) is 3. The maximum Gasteiger partial charge on any atom is 0.237 e. The second-order valence-corrected chi connectivity index (χ2v) is 6.27. The number of para-hydroxylation sites is 1. The van der Waals surface area contributed by atoms with Crippen LogP contribution in [-0.2, 0) is 4.79 Å². The van der Waals surface area contributed by atoms with Gasteiger partial charge in [0.2, 0.25) is 5.91 Å². The van der Waals surface area contributed by atoms with Crippen molar-refractivity contribution in [1.29, 1.82) is 0 Å². The van der Waals surface area contributed by atoms with Crippen LogP contribution in [0.15, 0.2) is 36.5 Å². The van der Waals surface area contributed by atoms with Crippen LogP contribution in [0.1, 0.15) is 19.8 Å². The van der Waals surface area contributed by atoms with Crippen LogP contribution in [-0.4, -0.2) is 15.9 Å². The van der Waals surface area contributed by atoms with Crippen molar-refractivity contribution in [2.45, 2.75) is 19.8 Å². The van der Waals surface area contributed by atoms with Gasteiger partial charge in [-0.3, -0.25) is 9.78 Å². The lowest BCUT2D eigenvalue weighted by Gasteiger charge is -2.44. The summed E-state index contributed by atoms with van der Waals surface area (Å²) in [4.78, 5) is 17.2. The van der Waals surface area contributed by atoms with Gasteiger partial charge in [0.25, 0.3) is 0 Å². The number of nitrogens with zero attached hydrogens (tertiary/aromatic N) is 1. The van der Waals surface area contributed by atoms with Gasteiger partial charge in [-0.15, -0.1) is 0 Å². The van der Waals surface area contributed by atoms with Gasteiger partial charge >= 0.3 is 0 Å². The van der Waals surface area contributed by atoms with Crippen LogP contribution < -0.4 is 11.1 Å². The van der Waals surface area contributed by atoms with Crippen molar-refractivity contribution >= 4 is 39.7 Å². The van der Waals surface area contributed by atoms with Crippen molar-refractivity contribution in [3.05, 3.63) is 36.5 Å². The average Bonchev–Trinajstić information content (AvgIpc) is 2.43. The van der Waals surface area contributed by atoms with Gasteiger partial charge < -0.3 is 11.1 Å². The molecule has 3 rings (SSSR count). The number of rotatable bonds is 3. The number of hydrogen-bond donors (Lipinski definition) is 2. The lowest BCUT2D eigenvalue weighted by atomic mass is 9.62. The van der Waals surface area contributed by atoms with E-state index in [0.29, 0.717) is 11.6 Å². The van der Waals surface area contributed by atoms with Gasteiger partial charge in [-0.1, -0.05) is 37.3 Å². The highest BCUT2D eigenvalue weighted by molar-refractivity contribution is 7.80. The Bertz CT molecular complexity index is 722. The molecule has 1 amide bonds. The lowest BCUT2D eigenvalue weighted by Crippen LogP contribution is -2.53. The van der Waals surface area contributed by atoms with E-state index >= 15 is 0 Å². The number of nitrogens with two attached hydrogens (primary N) is 1. The van der Waals surface area contributed by atoms with Crippen molar-refractivity contribution < 1.29 is 4.79 Å². The Morgan fingerprint density at radius 1 is 1.43 bits per heavy atom. The quantitative estimate of drug-likeness (QED) is 0.855. The summed E-state index contributed by atoms with van der Waals surface area (Å²) in [6, 6.07) is 9.69. The van der Waals surface area contributed by atoms with Gasteiger partial charge in [-0.25, -0.2) is 0 Å². The minimum atomic E-state index is -0.694. The van der Waals surface area contributed by atoms with E-state index in [0.717, 1.165) is 23.7 Å². The van der Waals surface area contributed by atoms with Gasteiger partial charge in [0.1, 0.15) is 0 Å². The molecule has 1 aliphatic rings. The Balaban J connectivity index is 1.84. The standard InChI is InChI=1S/C16H17N3OS/c1-10-7-16(8-10,14(17)21)15(20)19-12-6-11-4-2-3-5-13(11)18-9-12/h2-6,9-10H,7-8H2,1H3,(H2,17,21)(H,19,20). The Labute approximate surface area is 128 Å². The first kappa shape index (κ1) is 13.9. The topological polar surface area (TPSA) is 68.0 Å². The second-order valence-electron chi connectivity index (χ2n) is 5.83. The molecule has 108 valence electrons. The highest BCUT2D eigenvalue weighted by atomic mass is 32.1. The summed E-state index contributed by atoms with van der Waals surface area (Å²) in [5, 5.41) is 3.90. The summed E-state index contributed by atoms with van der Waals surface area (Å²) in [6.45, 7) is 2.10. The minimum Gasteiger partial charge on any atom is -0.392 e. The summed E-state index contributed by atoms with van der Waals surface area (Å²) >= 11 is 5.10. The molecule has 3 N–H and O–H groups in total. The Morgan fingerprint density at radius 3 is 2.81 bits per heavy atom. The number of carbonyl (C=O) groups excluding carboxylic acids is 1. The molecule has 2 aromatic rings. The Kier molecular flexibility index (Phi) is 3.37. The summed E-state index contributed by atoms with van der Waals surface area (Å²) in [5.74, 6) is 0.358. The zero-order valence-corrected chi connectivity index (χ0v) is 12.6. The van der Waals surface area contributed by atoms with Crippen LogP contribution in [0.2, 0.25) is 0 Å². The zero-order valence-electron chi connectivity index (χ0n) is 11.8. The number of pyridine rings is 1. The molecule has 0 unspecified atom stereocenters. The van der Waals surface area contributed by atoms with Crippen molar-refractivity contribution in [1.82, 2.24) is 4.98 Å². The number of benzene rings is 1. The molecule has 0 aliphatic heterocycles. The van der Waals surface area contributed by atoms with E-state index in [-0.39, 0.29) is 10.9 Å². The molecule has 1 aromatic carbocycles. The van der Waals surface area contributed by atoms with E-state index < -0.39 is 5.41 Å². The number of nitrogens with one attached hydrogen (secondary N) is 1. The van der Waals surface area contributed by atoms with Crippen LogP contribution in [0.5, 0.6) is 0 Å². The van der Waals surface area contributed by atoms with Crippen LogP contribution in [0, 0.1) is 11.3 Å². The Morgan fingerprint density at radius 2 is 2.14 bits per heavy atom. The molecule has 1 aliphatic carbocycles. The fourth-order valence-corrected chi connectivity index (χ4v) is 3.28. The van der Waals surface area contributed by atoms with E-state index in [9.17, 15) is 4.79 Å². The van der Waals surface area contributed by atoms with E-state index in [1.54, 1.807) is 6.20 Å². The van der Waals surface area contributed by atoms with Gasteiger partial charge in [0.15, 0.2) is 0 Å². The monoisotopic (exact) mass is 299 g/mol. The first-order chi connectivity index (χ1) is 10.0. The van der Waals surface area contributed by atoms with Gasteiger partial charge in [0, 0.05) is 5.39 Å². The number of anilines is 1. The highest BCUT2D eigenvalue weighted by Gasteiger charge is 2.50. The molecule has 1 fully saturated rings. The lowest BCUT2D eigenvalue weighted by molar-refractivity contribution is -0.127. The third-order valence-electron chi connectivity index (χ3n) is 4.15. The van der Waals surface area contributed by atoms with Crippen LogP contribution in [0.3, 0.4) is 0 Å². The van der Waals surface area contributed by atoms with Crippen molar-refractivity contribution in [3.8, 4) is 0 Å². The zero-order chi connectivity index (χ0) is 15.0. The number of aromatic nitrogens is 1. The fourth-order valence-electron chi connectivity index (χ4n) is 3.02. The molecular weight excluding hydrogens is 282 g/mol. The SMILES string of the molecule is CC1CC(C(=O)Nc2cnc3ccccc3c2)(C(N)=S)C1. The third kappa shape index (κ3) is 2.38.